The highest BCUT2D eigenvalue weighted by Gasteiger charge is 2.39. The number of aromatic nitrogens is 1. The van der Waals surface area contributed by atoms with Crippen LogP contribution in [0, 0.1) is 0 Å². The Balaban J connectivity index is 2.35. The molecule has 1 unspecified atom stereocenters. The van der Waals surface area contributed by atoms with Crippen LogP contribution < -0.4 is 10.0 Å². The average molecular weight is 313 g/mol. The molecule has 1 atom stereocenters. The molecule has 8 nitrogen and oxygen atoms in total. The number of primary sulfonamides is 1. The first kappa shape index (κ1) is 15.4. The number of carbonyl (C=O) groups excluding carboxylic acids is 2. The summed E-state index contributed by atoms with van der Waals surface area (Å²) in [6, 6.07) is 3.01. The molecule has 0 bridgehead atoms. The molecular formula is C12H15N3O5S. The van der Waals surface area contributed by atoms with Crippen LogP contribution in [0.15, 0.2) is 18.3 Å². The van der Waals surface area contributed by atoms with Crippen molar-refractivity contribution in [3.8, 4) is 0 Å². The van der Waals surface area contributed by atoms with Gasteiger partial charge >= 0.3 is 5.97 Å². The normalized spacial score (nSPS) is 18.9. The Morgan fingerprint density at radius 1 is 1.57 bits per heavy atom. The van der Waals surface area contributed by atoms with Crippen molar-refractivity contribution in [3.05, 3.63) is 23.9 Å². The summed E-state index contributed by atoms with van der Waals surface area (Å²) in [4.78, 5) is 29.0. The zero-order valence-corrected chi connectivity index (χ0v) is 12.2. The zero-order valence-electron chi connectivity index (χ0n) is 11.4. The van der Waals surface area contributed by atoms with E-state index in [-0.39, 0.29) is 31.0 Å². The van der Waals surface area contributed by atoms with E-state index in [4.69, 9.17) is 9.88 Å². The lowest BCUT2D eigenvalue weighted by Crippen LogP contribution is -2.33. The third-order valence-corrected chi connectivity index (χ3v) is 4.34. The Labute approximate surface area is 121 Å². The van der Waals surface area contributed by atoms with Gasteiger partial charge in [-0.25, -0.2) is 23.3 Å². The van der Waals surface area contributed by atoms with E-state index in [1.54, 1.807) is 6.92 Å². The number of amides is 1. The number of pyridine rings is 1. The van der Waals surface area contributed by atoms with E-state index in [2.05, 4.69) is 4.98 Å². The number of hydrogen-bond donors (Lipinski definition) is 1. The van der Waals surface area contributed by atoms with Crippen molar-refractivity contribution in [2.45, 2.75) is 18.6 Å². The molecule has 2 N–H and O–H groups in total. The molecule has 0 saturated carbocycles. The van der Waals surface area contributed by atoms with E-state index in [0.29, 0.717) is 0 Å². The Kier molecular flexibility index (Phi) is 4.24. The Morgan fingerprint density at radius 3 is 2.86 bits per heavy atom. The molecule has 114 valence electrons. The van der Waals surface area contributed by atoms with Gasteiger partial charge in [0, 0.05) is 19.2 Å². The number of sulfonamides is 1. The second-order valence-corrected chi connectivity index (χ2v) is 6.36. The molecule has 1 saturated heterocycles. The van der Waals surface area contributed by atoms with E-state index in [1.807, 2.05) is 0 Å². The van der Waals surface area contributed by atoms with Gasteiger partial charge in [-0.05, 0) is 19.1 Å². The fraction of sp³-hybridized carbons (Fsp3) is 0.417. The van der Waals surface area contributed by atoms with Gasteiger partial charge in [-0.3, -0.25) is 9.69 Å². The van der Waals surface area contributed by atoms with Crippen molar-refractivity contribution in [1.82, 2.24) is 4.98 Å². The summed E-state index contributed by atoms with van der Waals surface area (Å²) < 4.78 is 27.6. The zero-order chi connectivity index (χ0) is 15.6. The van der Waals surface area contributed by atoms with Crippen LogP contribution in [0.3, 0.4) is 0 Å². The molecule has 2 heterocycles. The lowest BCUT2D eigenvalue weighted by atomic mass is 10.2. The summed E-state index contributed by atoms with van der Waals surface area (Å²) in [7, 11) is -3.83. The highest BCUT2D eigenvalue weighted by atomic mass is 32.2. The fourth-order valence-corrected chi connectivity index (χ4v) is 2.81. The quantitative estimate of drug-likeness (QED) is 0.759. The van der Waals surface area contributed by atoms with Crippen LogP contribution in [0.4, 0.5) is 5.82 Å². The largest absolute Gasteiger partial charge is 0.462 e. The van der Waals surface area contributed by atoms with Crippen LogP contribution in [0.5, 0.6) is 0 Å². The minimum atomic E-state index is -3.83. The standard InChI is InChI=1S/C12H15N3O5S/c1-2-20-12(17)9-4-3-5-14-11(9)15-7-8(6-10(15)16)21(13,18)19/h3-5,8H,2,6-7H2,1H3,(H2,13,18,19). The summed E-state index contributed by atoms with van der Waals surface area (Å²) in [5.41, 5.74) is 0.114. The van der Waals surface area contributed by atoms with Gasteiger partial charge in [-0.2, -0.15) is 0 Å². The van der Waals surface area contributed by atoms with Crippen molar-refractivity contribution in [3.63, 3.8) is 0 Å². The van der Waals surface area contributed by atoms with Gasteiger partial charge in [0.05, 0.1) is 6.61 Å². The van der Waals surface area contributed by atoms with Gasteiger partial charge in [0.2, 0.25) is 15.9 Å². The van der Waals surface area contributed by atoms with E-state index < -0.39 is 27.1 Å². The molecule has 21 heavy (non-hydrogen) atoms. The second kappa shape index (κ2) is 5.78. The van der Waals surface area contributed by atoms with Crippen LogP contribution in [0.25, 0.3) is 0 Å². The molecular weight excluding hydrogens is 298 g/mol. The lowest BCUT2D eigenvalue weighted by molar-refractivity contribution is -0.117. The average Bonchev–Trinajstić information content (AvgIpc) is 2.81. The smallest absolute Gasteiger partial charge is 0.341 e. The first-order chi connectivity index (χ1) is 9.84. The number of nitrogens with zero attached hydrogens (tertiary/aromatic N) is 2. The topological polar surface area (TPSA) is 120 Å². The van der Waals surface area contributed by atoms with E-state index in [1.165, 1.54) is 18.3 Å². The number of nitrogens with two attached hydrogens (primary N) is 1. The molecule has 1 fully saturated rings. The van der Waals surface area contributed by atoms with Crippen molar-refractivity contribution >= 4 is 27.7 Å². The Hall–Kier alpha value is -2.00. The van der Waals surface area contributed by atoms with E-state index >= 15 is 0 Å². The van der Waals surface area contributed by atoms with Crippen LogP contribution >= 0.6 is 0 Å². The maximum atomic E-state index is 12.0. The Morgan fingerprint density at radius 2 is 2.29 bits per heavy atom. The molecule has 9 heteroatoms. The van der Waals surface area contributed by atoms with Crippen molar-refractivity contribution in [2.24, 2.45) is 5.14 Å². The number of anilines is 1. The molecule has 0 radical (unpaired) electrons. The SMILES string of the molecule is CCOC(=O)c1cccnc1N1CC(S(N)(=O)=O)CC1=O. The lowest BCUT2D eigenvalue weighted by Gasteiger charge is -2.17. The van der Waals surface area contributed by atoms with Crippen LogP contribution in [0.1, 0.15) is 23.7 Å². The molecule has 1 aromatic heterocycles. The minimum Gasteiger partial charge on any atom is -0.462 e. The number of hydrogen-bond acceptors (Lipinski definition) is 6. The van der Waals surface area contributed by atoms with E-state index in [9.17, 15) is 18.0 Å². The van der Waals surface area contributed by atoms with Gasteiger partial charge < -0.3 is 4.74 Å². The van der Waals surface area contributed by atoms with Crippen LogP contribution in [-0.2, 0) is 19.6 Å². The fourth-order valence-electron chi connectivity index (χ4n) is 2.08. The van der Waals surface area contributed by atoms with Crippen molar-refractivity contribution < 1.29 is 22.7 Å². The monoisotopic (exact) mass is 313 g/mol. The number of esters is 1. The molecule has 0 aliphatic carbocycles. The third-order valence-electron chi connectivity index (χ3n) is 3.09. The number of carbonyl (C=O) groups is 2. The molecule has 1 amide bonds. The summed E-state index contributed by atoms with van der Waals surface area (Å²) in [6.07, 6.45) is 1.19. The molecule has 1 aromatic rings. The highest BCUT2D eigenvalue weighted by Crippen LogP contribution is 2.25. The summed E-state index contributed by atoms with van der Waals surface area (Å²) in [5.74, 6) is -0.974. The van der Waals surface area contributed by atoms with Crippen molar-refractivity contribution in [2.75, 3.05) is 18.1 Å². The van der Waals surface area contributed by atoms with Gasteiger partial charge in [-0.15, -0.1) is 0 Å². The Bertz CT molecular complexity index is 673. The maximum Gasteiger partial charge on any atom is 0.341 e. The van der Waals surface area contributed by atoms with Crippen molar-refractivity contribution in [1.29, 1.82) is 0 Å². The molecule has 1 aliphatic rings. The van der Waals surface area contributed by atoms with Gasteiger partial charge in [0.1, 0.15) is 16.6 Å². The number of ether oxygens (including phenoxy) is 1. The predicted octanol–water partition coefficient (Wildman–Crippen LogP) is -0.348. The summed E-state index contributed by atoms with van der Waals surface area (Å²) >= 11 is 0. The molecule has 0 spiro atoms. The summed E-state index contributed by atoms with van der Waals surface area (Å²) in [5, 5.41) is 4.07. The van der Waals surface area contributed by atoms with Gasteiger partial charge in [-0.1, -0.05) is 0 Å². The predicted molar refractivity (Wildman–Crippen MR) is 74.1 cm³/mol. The molecule has 0 aromatic carbocycles. The van der Waals surface area contributed by atoms with Gasteiger partial charge in [0.25, 0.3) is 0 Å². The van der Waals surface area contributed by atoms with Crippen LogP contribution in [0.2, 0.25) is 0 Å². The van der Waals surface area contributed by atoms with E-state index in [0.717, 1.165) is 4.90 Å². The second-order valence-electron chi connectivity index (χ2n) is 4.51. The first-order valence-corrected chi connectivity index (χ1v) is 7.89. The molecule has 1 aliphatic heterocycles. The summed E-state index contributed by atoms with van der Waals surface area (Å²) in [6.45, 7) is 1.72. The van der Waals surface area contributed by atoms with Crippen LogP contribution in [-0.4, -0.2) is 43.7 Å². The highest BCUT2D eigenvalue weighted by molar-refractivity contribution is 7.89. The number of rotatable bonds is 4. The minimum absolute atomic E-state index is 0.0899. The van der Waals surface area contributed by atoms with Gasteiger partial charge in [0.15, 0.2) is 0 Å². The third kappa shape index (κ3) is 3.19. The first-order valence-electron chi connectivity index (χ1n) is 6.28. The molecule has 2 rings (SSSR count). The maximum absolute atomic E-state index is 12.0.